The van der Waals surface area contributed by atoms with Crippen LogP contribution in [0.3, 0.4) is 0 Å². The molecular formula is C47H91NO11S. The van der Waals surface area contributed by atoms with Crippen LogP contribution in [0.5, 0.6) is 0 Å². The molecule has 0 aromatic heterocycles. The van der Waals surface area contributed by atoms with Crippen molar-refractivity contribution in [1.29, 1.82) is 0 Å². The van der Waals surface area contributed by atoms with Crippen LogP contribution in [-0.4, -0.2) is 95.4 Å². The number of hydrogen-bond donors (Lipinski definition) is 6. The van der Waals surface area contributed by atoms with Gasteiger partial charge in [0, 0.05) is 6.42 Å². The van der Waals surface area contributed by atoms with E-state index in [0.29, 0.717) is 6.42 Å². The lowest BCUT2D eigenvalue weighted by Gasteiger charge is -2.41. The number of rotatable bonds is 42. The van der Waals surface area contributed by atoms with Gasteiger partial charge in [0.05, 0.1) is 25.4 Å². The molecule has 1 fully saturated rings. The molecule has 356 valence electrons. The summed E-state index contributed by atoms with van der Waals surface area (Å²) in [6, 6.07) is -0.937. The first-order valence-electron chi connectivity index (χ1n) is 24.6. The molecule has 1 aliphatic heterocycles. The summed E-state index contributed by atoms with van der Waals surface area (Å²) in [4.78, 5) is 13.0. The summed E-state index contributed by atoms with van der Waals surface area (Å²) in [5, 5.41) is 44.6. The predicted octanol–water partition coefficient (Wildman–Crippen LogP) is 9.95. The van der Waals surface area contributed by atoms with Crippen molar-refractivity contribution in [2.45, 2.75) is 269 Å². The number of unbranched alkanes of at least 4 members (excludes halogenated alkanes) is 30. The van der Waals surface area contributed by atoms with Crippen molar-refractivity contribution >= 4 is 16.3 Å². The zero-order valence-corrected chi connectivity index (χ0v) is 38.9. The molecule has 7 atom stereocenters. The lowest BCUT2D eigenvalue weighted by Crippen LogP contribution is -2.61. The maximum Gasteiger partial charge on any atom is 0.397 e. The molecule has 0 spiro atoms. The molecule has 0 bridgehead atoms. The number of ether oxygens (including phenoxy) is 2. The summed E-state index contributed by atoms with van der Waals surface area (Å²) in [6.45, 7) is 3.37. The number of nitrogens with one attached hydrogen (secondary N) is 1. The molecule has 1 amide bonds. The van der Waals surface area contributed by atoms with Crippen LogP contribution < -0.4 is 5.32 Å². The number of amides is 1. The lowest BCUT2D eigenvalue weighted by molar-refractivity contribution is -0.298. The highest BCUT2D eigenvalue weighted by atomic mass is 32.3. The molecule has 60 heavy (non-hydrogen) atoms. The van der Waals surface area contributed by atoms with Crippen LogP contribution in [0, 0.1) is 0 Å². The van der Waals surface area contributed by atoms with E-state index in [0.717, 1.165) is 38.5 Å². The smallest absolute Gasteiger partial charge is 0.394 e. The normalized spacial score (nSPS) is 20.8. The minimum Gasteiger partial charge on any atom is -0.394 e. The largest absolute Gasteiger partial charge is 0.397 e. The molecule has 6 N–H and O–H groups in total. The summed E-state index contributed by atoms with van der Waals surface area (Å²) >= 11 is 0. The molecule has 13 heteroatoms. The van der Waals surface area contributed by atoms with Crippen LogP contribution in [0.25, 0.3) is 0 Å². The molecular weight excluding hydrogens is 787 g/mol. The van der Waals surface area contributed by atoms with Crippen LogP contribution in [0.1, 0.15) is 226 Å². The average molecular weight is 878 g/mol. The lowest BCUT2D eigenvalue weighted by atomic mass is 9.99. The maximum atomic E-state index is 13.0. The fourth-order valence-electron chi connectivity index (χ4n) is 7.98. The van der Waals surface area contributed by atoms with Crippen LogP contribution in [0.4, 0.5) is 0 Å². The van der Waals surface area contributed by atoms with Gasteiger partial charge in [0.15, 0.2) is 6.29 Å². The number of hydrogen-bond acceptors (Lipinski definition) is 10. The van der Waals surface area contributed by atoms with Crippen molar-refractivity contribution in [3.05, 3.63) is 12.2 Å². The third-order valence-electron chi connectivity index (χ3n) is 11.8. The van der Waals surface area contributed by atoms with E-state index in [9.17, 15) is 38.2 Å². The van der Waals surface area contributed by atoms with E-state index < -0.39 is 59.9 Å². The van der Waals surface area contributed by atoms with E-state index >= 15 is 0 Å². The second kappa shape index (κ2) is 38.3. The highest BCUT2D eigenvalue weighted by molar-refractivity contribution is 7.80. The van der Waals surface area contributed by atoms with Gasteiger partial charge in [0.1, 0.15) is 24.4 Å². The van der Waals surface area contributed by atoms with Crippen LogP contribution in [0.15, 0.2) is 12.2 Å². The third kappa shape index (κ3) is 30.8. The van der Waals surface area contributed by atoms with Gasteiger partial charge in [-0.2, -0.15) is 8.42 Å². The Morgan fingerprint density at radius 1 is 0.650 bits per heavy atom. The summed E-state index contributed by atoms with van der Waals surface area (Å²) in [7, 11) is -5.08. The van der Waals surface area contributed by atoms with E-state index in [2.05, 4.69) is 23.3 Å². The Balaban J connectivity index is 2.38. The zero-order valence-electron chi connectivity index (χ0n) is 38.0. The monoisotopic (exact) mass is 878 g/mol. The summed E-state index contributed by atoms with van der Waals surface area (Å²) in [6.07, 6.45) is 34.2. The molecule has 0 aliphatic carbocycles. The molecule has 7 unspecified atom stereocenters. The van der Waals surface area contributed by atoms with Crippen LogP contribution in [0.2, 0.25) is 0 Å². The van der Waals surface area contributed by atoms with Crippen molar-refractivity contribution in [3.63, 3.8) is 0 Å². The minimum atomic E-state index is -5.08. The van der Waals surface area contributed by atoms with E-state index in [1.807, 2.05) is 6.08 Å². The van der Waals surface area contributed by atoms with Crippen molar-refractivity contribution in [2.24, 2.45) is 0 Å². The van der Waals surface area contributed by atoms with Gasteiger partial charge in [-0.1, -0.05) is 212 Å². The molecule has 0 aromatic rings. The van der Waals surface area contributed by atoms with Gasteiger partial charge in [-0.15, -0.1) is 0 Å². The number of carbonyl (C=O) groups excluding carboxylic acids is 1. The predicted molar refractivity (Wildman–Crippen MR) is 241 cm³/mol. The highest BCUT2D eigenvalue weighted by Gasteiger charge is 2.48. The maximum absolute atomic E-state index is 13.0. The molecule has 0 aromatic carbocycles. The molecule has 1 aliphatic rings. The molecule has 12 nitrogen and oxygen atoms in total. The Kier molecular flexibility index (Phi) is 36.3. The summed E-state index contributed by atoms with van der Waals surface area (Å²) < 4.78 is 47.5. The van der Waals surface area contributed by atoms with Gasteiger partial charge in [0.25, 0.3) is 0 Å². The quantitative estimate of drug-likeness (QED) is 0.0194. The van der Waals surface area contributed by atoms with Gasteiger partial charge >= 0.3 is 10.4 Å². The summed E-state index contributed by atoms with van der Waals surface area (Å²) in [5.41, 5.74) is 0. The average Bonchev–Trinajstić information content (AvgIpc) is 3.22. The van der Waals surface area contributed by atoms with Crippen molar-refractivity contribution < 1.29 is 51.8 Å². The molecule has 1 rings (SSSR count). The van der Waals surface area contributed by atoms with Gasteiger partial charge in [-0.25, -0.2) is 4.18 Å². The van der Waals surface area contributed by atoms with Crippen LogP contribution >= 0.6 is 0 Å². The first-order valence-corrected chi connectivity index (χ1v) is 25.9. The fraction of sp³-hybridized carbons (Fsp3) is 0.936. The SMILES string of the molecule is CCCCCCCCCCCCCCCCCCCCCCCC/C=C/C(O)C(COC1OC(CO)C(O)C(OS(=O)(=O)O)C1O)NC(=O)CCCCCCCCCCC. The molecule has 1 heterocycles. The van der Waals surface area contributed by atoms with Crippen molar-refractivity contribution in [2.75, 3.05) is 13.2 Å². The topological polar surface area (TPSA) is 192 Å². The summed E-state index contributed by atoms with van der Waals surface area (Å²) in [5.74, 6) is -0.264. The fourth-order valence-corrected chi connectivity index (χ4v) is 8.49. The van der Waals surface area contributed by atoms with E-state index in [-0.39, 0.29) is 18.9 Å². The third-order valence-corrected chi connectivity index (χ3v) is 12.3. The molecule has 0 saturated carbocycles. The first kappa shape index (κ1) is 56.9. The van der Waals surface area contributed by atoms with Gasteiger partial charge in [0.2, 0.25) is 5.91 Å². The zero-order chi connectivity index (χ0) is 44.1. The Hall–Kier alpha value is -1.16. The number of aliphatic hydroxyl groups is 4. The van der Waals surface area contributed by atoms with Crippen molar-refractivity contribution in [1.82, 2.24) is 5.32 Å². The van der Waals surface area contributed by atoms with E-state index in [1.54, 1.807) is 6.08 Å². The Bertz CT molecular complexity index is 1130. The molecule has 0 radical (unpaired) electrons. The Morgan fingerprint density at radius 3 is 1.45 bits per heavy atom. The van der Waals surface area contributed by atoms with Crippen LogP contribution in [-0.2, 0) is 28.9 Å². The Morgan fingerprint density at radius 2 is 1.05 bits per heavy atom. The second-order valence-electron chi connectivity index (χ2n) is 17.4. The van der Waals surface area contributed by atoms with Gasteiger partial charge < -0.3 is 35.2 Å². The van der Waals surface area contributed by atoms with Gasteiger partial charge in [-0.3, -0.25) is 9.35 Å². The van der Waals surface area contributed by atoms with E-state index in [4.69, 9.17) is 9.47 Å². The standard InChI is InChI=1S/C47H91NO11S/c1-3-5-7-9-11-13-14-15-16-17-18-19-20-21-22-23-24-25-26-27-29-30-32-34-36-41(50)40(48-43(51)37-35-33-31-28-12-10-8-6-4-2)39-57-47-45(53)46(59-60(54,55)56)44(52)42(38-49)58-47/h34,36,40-42,44-47,49-50,52-53H,3-33,35,37-39H2,1-2H3,(H,48,51)(H,54,55,56)/b36-34+. The van der Waals surface area contributed by atoms with Crippen molar-refractivity contribution in [3.8, 4) is 0 Å². The Labute approximate surface area is 366 Å². The van der Waals surface area contributed by atoms with Gasteiger partial charge in [-0.05, 0) is 19.3 Å². The highest BCUT2D eigenvalue weighted by Crippen LogP contribution is 2.26. The van der Waals surface area contributed by atoms with E-state index in [1.165, 1.54) is 161 Å². The number of aliphatic hydroxyl groups excluding tert-OH is 4. The first-order chi connectivity index (χ1) is 29.0. The number of carbonyl (C=O) groups is 1. The minimum absolute atomic E-state index is 0.264. The number of allylic oxidation sites excluding steroid dienone is 1. The molecule has 1 saturated heterocycles. The second-order valence-corrected chi connectivity index (χ2v) is 18.5.